The van der Waals surface area contributed by atoms with E-state index in [1.54, 1.807) is 4.57 Å². The van der Waals surface area contributed by atoms with Crippen LogP contribution in [-0.4, -0.2) is 9.55 Å². The molecule has 1 heterocycles. The molecule has 3 aromatic rings. The van der Waals surface area contributed by atoms with E-state index in [0.29, 0.717) is 5.69 Å². The lowest BCUT2D eigenvalue weighted by atomic mass is 10.2. The molecule has 1 aromatic heterocycles. The number of benzene rings is 2. The van der Waals surface area contributed by atoms with Crippen LogP contribution in [-0.2, 0) is 0 Å². The Bertz CT molecular complexity index is 809. The maximum absolute atomic E-state index is 13.3. The van der Waals surface area contributed by atoms with Crippen molar-refractivity contribution in [3.05, 3.63) is 49.8 Å². The van der Waals surface area contributed by atoms with Crippen molar-refractivity contribution < 1.29 is 4.39 Å². The Morgan fingerprint density at radius 1 is 1.15 bits per heavy atom. The van der Waals surface area contributed by atoms with Gasteiger partial charge >= 0.3 is 0 Å². The first-order valence-electron chi connectivity index (χ1n) is 5.56. The van der Waals surface area contributed by atoms with Crippen molar-refractivity contribution in [2.45, 2.75) is 0 Å². The lowest BCUT2D eigenvalue weighted by Crippen LogP contribution is -2.02. The molecule has 0 atom stereocenters. The van der Waals surface area contributed by atoms with E-state index in [2.05, 4.69) is 27.6 Å². The van der Waals surface area contributed by atoms with Crippen LogP contribution in [0.4, 0.5) is 10.3 Å². The Kier molecular flexibility index (Phi) is 3.51. The SMILES string of the molecule is Nc1nc2cc(I)ccc2n1-c1c(Cl)cc(F)cc1Cl. The first kappa shape index (κ1) is 13.9. The van der Waals surface area contributed by atoms with E-state index in [4.69, 9.17) is 28.9 Å². The van der Waals surface area contributed by atoms with Gasteiger partial charge in [0.2, 0.25) is 5.95 Å². The number of nitrogen functional groups attached to an aromatic ring is 1. The summed E-state index contributed by atoms with van der Waals surface area (Å²) in [6.45, 7) is 0. The van der Waals surface area contributed by atoms with Crippen molar-refractivity contribution in [3.8, 4) is 5.69 Å². The number of fused-ring (bicyclic) bond motifs is 1. The number of halogens is 4. The quantitative estimate of drug-likeness (QED) is 0.581. The second-order valence-corrected chi connectivity index (χ2v) is 6.22. The Morgan fingerprint density at radius 2 is 1.80 bits per heavy atom. The molecule has 20 heavy (non-hydrogen) atoms. The summed E-state index contributed by atoms with van der Waals surface area (Å²) < 4.78 is 15.9. The highest BCUT2D eigenvalue weighted by Gasteiger charge is 2.17. The van der Waals surface area contributed by atoms with Crippen LogP contribution in [0.25, 0.3) is 16.7 Å². The minimum absolute atomic E-state index is 0.180. The van der Waals surface area contributed by atoms with E-state index >= 15 is 0 Å². The Hall–Kier alpha value is -1.05. The predicted molar refractivity (Wildman–Crippen MR) is 88.2 cm³/mol. The molecule has 2 aromatic carbocycles. The number of aromatic nitrogens is 2. The smallest absolute Gasteiger partial charge is 0.206 e. The number of hydrogen-bond acceptors (Lipinski definition) is 2. The van der Waals surface area contributed by atoms with E-state index in [-0.39, 0.29) is 16.0 Å². The van der Waals surface area contributed by atoms with Crippen LogP contribution in [0.15, 0.2) is 30.3 Å². The number of nitrogens with two attached hydrogens (primary N) is 1. The molecule has 102 valence electrons. The third kappa shape index (κ3) is 2.23. The number of nitrogens with zero attached hydrogens (tertiary/aromatic N) is 2. The minimum Gasteiger partial charge on any atom is -0.369 e. The Morgan fingerprint density at radius 3 is 2.45 bits per heavy atom. The maximum atomic E-state index is 13.3. The number of imidazole rings is 1. The molecular weight excluding hydrogens is 415 g/mol. The lowest BCUT2D eigenvalue weighted by Gasteiger charge is -2.11. The van der Waals surface area contributed by atoms with Gasteiger partial charge in [0.25, 0.3) is 0 Å². The van der Waals surface area contributed by atoms with Crippen molar-refractivity contribution in [3.63, 3.8) is 0 Å². The zero-order chi connectivity index (χ0) is 14.4. The molecule has 3 rings (SSSR count). The number of hydrogen-bond donors (Lipinski definition) is 1. The summed E-state index contributed by atoms with van der Waals surface area (Å²) in [7, 11) is 0. The first-order valence-corrected chi connectivity index (χ1v) is 7.39. The topological polar surface area (TPSA) is 43.8 Å². The fourth-order valence-corrected chi connectivity index (χ4v) is 3.16. The van der Waals surface area contributed by atoms with Crippen molar-refractivity contribution in [2.75, 3.05) is 5.73 Å². The largest absolute Gasteiger partial charge is 0.369 e. The van der Waals surface area contributed by atoms with E-state index in [9.17, 15) is 4.39 Å². The average molecular weight is 422 g/mol. The standard InChI is InChI=1S/C13H7Cl2FIN3/c14-8-3-6(16)4-9(15)12(8)20-11-2-1-7(17)5-10(11)19-13(20)18/h1-5H,(H2,18,19). The molecule has 2 N–H and O–H groups in total. The zero-order valence-electron chi connectivity index (χ0n) is 9.87. The number of rotatable bonds is 1. The first-order chi connectivity index (χ1) is 9.47. The summed E-state index contributed by atoms with van der Waals surface area (Å²) in [6.07, 6.45) is 0. The molecular formula is C13H7Cl2FIN3. The van der Waals surface area contributed by atoms with Crippen LogP contribution in [0.5, 0.6) is 0 Å². The van der Waals surface area contributed by atoms with Crippen molar-refractivity contribution >= 4 is 62.8 Å². The van der Waals surface area contributed by atoms with E-state index in [1.807, 2.05) is 18.2 Å². The average Bonchev–Trinajstić information content (AvgIpc) is 2.64. The molecule has 3 nitrogen and oxygen atoms in total. The third-order valence-electron chi connectivity index (χ3n) is 2.85. The van der Waals surface area contributed by atoms with Gasteiger partial charge in [0.05, 0.1) is 26.8 Å². The Labute approximate surface area is 137 Å². The molecule has 0 amide bonds. The monoisotopic (exact) mass is 421 g/mol. The van der Waals surface area contributed by atoms with E-state index in [1.165, 1.54) is 12.1 Å². The molecule has 0 aliphatic heterocycles. The molecule has 0 radical (unpaired) electrons. The van der Waals surface area contributed by atoms with E-state index in [0.717, 1.165) is 14.6 Å². The normalized spacial score (nSPS) is 11.2. The minimum atomic E-state index is -0.499. The second kappa shape index (κ2) is 5.05. The summed E-state index contributed by atoms with van der Waals surface area (Å²) in [5.41, 5.74) is 7.87. The van der Waals surface area contributed by atoms with Gasteiger partial charge < -0.3 is 5.73 Å². The van der Waals surface area contributed by atoms with Gasteiger partial charge in [0, 0.05) is 3.57 Å². The fraction of sp³-hybridized carbons (Fsp3) is 0. The van der Waals surface area contributed by atoms with Crippen LogP contribution in [0, 0.1) is 9.39 Å². The van der Waals surface area contributed by atoms with E-state index < -0.39 is 5.82 Å². The molecule has 0 bridgehead atoms. The van der Waals surface area contributed by atoms with Crippen LogP contribution in [0.1, 0.15) is 0 Å². The van der Waals surface area contributed by atoms with Gasteiger partial charge in [0.15, 0.2) is 0 Å². The molecule has 0 aliphatic carbocycles. The molecule has 0 saturated heterocycles. The summed E-state index contributed by atoms with van der Waals surface area (Å²) in [5, 5.41) is 0.360. The molecule has 7 heteroatoms. The highest BCUT2D eigenvalue weighted by atomic mass is 127. The molecule has 0 saturated carbocycles. The summed E-state index contributed by atoms with van der Waals surface area (Å²) in [5.74, 6) is -0.251. The molecule has 0 aliphatic rings. The lowest BCUT2D eigenvalue weighted by molar-refractivity contribution is 0.627. The molecule has 0 fully saturated rings. The van der Waals surface area contributed by atoms with Crippen LogP contribution in [0.3, 0.4) is 0 Å². The van der Waals surface area contributed by atoms with Crippen molar-refractivity contribution in [2.24, 2.45) is 0 Å². The Balaban J connectivity index is 2.38. The van der Waals surface area contributed by atoms with Crippen LogP contribution < -0.4 is 5.73 Å². The van der Waals surface area contributed by atoms with Gasteiger partial charge in [-0.1, -0.05) is 23.2 Å². The fourth-order valence-electron chi connectivity index (χ4n) is 2.06. The maximum Gasteiger partial charge on any atom is 0.206 e. The highest BCUT2D eigenvalue weighted by Crippen LogP contribution is 2.34. The summed E-state index contributed by atoms with van der Waals surface area (Å²) in [4.78, 5) is 4.28. The number of anilines is 1. The van der Waals surface area contributed by atoms with Gasteiger partial charge in [-0.15, -0.1) is 0 Å². The summed E-state index contributed by atoms with van der Waals surface area (Å²) >= 11 is 14.4. The molecule has 0 unspecified atom stereocenters. The predicted octanol–water partition coefficient (Wildman–Crippen LogP) is 4.66. The van der Waals surface area contributed by atoms with Crippen LogP contribution in [0.2, 0.25) is 10.0 Å². The van der Waals surface area contributed by atoms with Gasteiger partial charge in [-0.2, -0.15) is 0 Å². The third-order valence-corrected chi connectivity index (χ3v) is 4.09. The second-order valence-electron chi connectivity index (χ2n) is 4.16. The zero-order valence-corrected chi connectivity index (χ0v) is 13.5. The van der Waals surface area contributed by atoms with Gasteiger partial charge in [-0.25, -0.2) is 9.37 Å². The van der Waals surface area contributed by atoms with Gasteiger partial charge in [-0.05, 0) is 52.9 Å². The van der Waals surface area contributed by atoms with Gasteiger partial charge in [0.1, 0.15) is 5.82 Å². The van der Waals surface area contributed by atoms with Gasteiger partial charge in [-0.3, -0.25) is 4.57 Å². The van der Waals surface area contributed by atoms with Crippen molar-refractivity contribution in [1.29, 1.82) is 0 Å². The summed E-state index contributed by atoms with van der Waals surface area (Å²) in [6, 6.07) is 8.08. The highest BCUT2D eigenvalue weighted by molar-refractivity contribution is 14.1. The molecule has 0 spiro atoms. The van der Waals surface area contributed by atoms with Crippen LogP contribution >= 0.6 is 45.8 Å². The van der Waals surface area contributed by atoms with Crippen molar-refractivity contribution in [1.82, 2.24) is 9.55 Å².